The van der Waals surface area contributed by atoms with E-state index in [1.807, 2.05) is 0 Å². The number of anilines is 2. The molecule has 0 aromatic heterocycles. The van der Waals surface area contributed by atoms with Gasteiger partial charge >= 0.3 is 0 Å². The van der Waals surface area contributed by atoms with Crippen LogP contribution in [0.5, 0.6) is 0 Å². The van der Waals surface area contributed by atoms with Crippen LogP contribution in [0, 0.1) is 0 Å². The molecule has 0 amide bonds. The van der Waals surface area contributed by atoms with E-state index in [4.69, 9.17) is 5.73 Å². The summed E-state index contributed by atoms with van der Waals surface area (Å²) in [6.45, 7) is 0. The molecule has 1 aliphatic rings. The summed E-state index contributed by atoms with van der Waals surface area (Å²) >= 11 is 3.52. The summed E-state index contributed by atoms with van der Waals surface area (Å²) in [5, 5.41) is 3.61. The van der Waals surface area contributed by atoms with E-state index in [1.165, 1.54) is 17.8 Å². The molecule has 0 spiro atoms. The van der Waals surface area contributed by atoms with Gasteiger partial charge in [-0.05, 0) is 37.5 Å². The molecule has 0 bridgehead atoms. The SMILES string of the molecule is CN(C)c1ccc(Br)cc1NC1CCC(N)C1. The van der Waals surface area contributed by atoms with Crippen molar-refractivity contribution in [3.05, 3.63) is 22.7 Å². The second kappa shape index (κ2) is 5.27. The molecule has 0 aliphatic heterocycles. The minimum Gasteiger partial charge on any atom is -0.381 e. The predicted molar refractivity (Wildman–Crippen MR) is 77.7 cm³/mol. The first-order valence-electron chi connectivity index (χ1n) is 6.05. The third-order valence-electron chi connectivity index (χ3n) is 3.27. The fourth-order valence-electron chi connectivity index (χ4n) is 2.38. The van der Waals surface area contributed by atoms with Crippen molar-refractivity contribution < 1.29 is 0 Å². The molecule has 1 aromatic rings. The van der Waals surface area contributed by atoms with Crippen molar-refractivity contribution in [2.24, 2.45) is 5.73 Å². The molecule has 2 rings (SSSR count). The molecule has 3 nitrogen and oxygen atoms in total. The number of benzene rings is 1. The lowest BCUT2D eigenvalue weighted by atomic mass is 10.2. The van der Waals surface area contributed by atoms with E-state index in [0.29, 0.717) is 12.1 Å². The van der Waals surface area contributed by atoms with Gasteiger partial charge in [0.2, 0.25) is 0 Å². The summed E-state index contributed by atoms with van der Waals surface area (Å²) < 4.78 is 1.10. The average Bonchev–Trinajstić information content (AvgIpc) is 2.63. The number of rotatable bonds is 3. The Kier molecular flexibility index (Phi) is 3.94. The van der Waals surface area contributed by atoms with E-state index in [9.17, 15) is 0 Å². The van der Waals surface area contributed by atoms with Crippen LogP contribution in [0.3, 0.4) is 0 Å². The Hall–Kier alpha value is -0.740. The Morgan fingerprint density at radius 3 is 2.71 bits per heavy atom. The third kappa shape index (κ3) is 3.13. The van der Waals surface area contributed by atoms with Crippen LogP contribution in [0.1, 0.15) is 19.3 Å². The lowest BCUT2D eigenvalue weighted by Crippen LogP contribution is -2.22. The van der Waals surface area contributed by atoms with E-state index >= 15 is 0 Å². The number of hydrogen-bond acceptors (Lipinski definition) is 3. The van der Waals surface area contributed by atoms with Crippen LogP contribution in [-0.2, 0) is 0 Å². The lowest BCUT2D eigenvalue weighted by molar-refractivity contribution is 0.688. The van der Waals surface area contributed by atoms with E-state index in [1.54, 1.807) is 0 Å². The van der Waals surface area contributed by atoms with Crippen molar-refractivity contribution in [3.8, 4) is 0 Å². The summed E-state index contributed by atoms with van der Waals surface area (Å²) in [5.74, 6) is 0. The van der Waals surface area contributed by atoms with Gasteiger partial charge < -0.3 is 16.0 Å². The molecule has 0 heterocycles. The average molecular weight is 298 g/mol. The standard InChI is InChI=1S/C13H20BrN3/c1-17(2)13-6-3-9(14)7-12(13)16-11-5-4-10(15)8-11/h3,6-7,10-11,16H,4-5,8,15H2,1-2H3. The van der Waals surface area contributed by atoms with Gasteiger partial charge in [-0.2, -0.15) is 0 Å². The van der Waals surface area contributed by atoms with Crippen molar-refractivity contribution in [3.63, 3.8) is 0 Å². The number of halogens is 1. The maximum absolute atomic E-state index is 5.95. The van der Waals surface area contributed by atoms with Crippen LogP contribution in [0.15, 0.2) is 22.7 Å². The Labute approximate surface area is 111 Å². The smallest absolute Gasteiger partial charge is 0.0597 e. The molecule has 3 N–H and O–H groups in total. The Bertz CT molecular complexity index is 392. The van der Waals surface area contributed by atoms with E-state index < -0.39 is 0 Å². The Morgan fingerprint density at radius 2 is 2.12 bits per heavy atom. The molecule has 1 aliphatic carbocycles. The van der Waals surface area contributed by atoms with Gasteiger partial charge in [-0.3, -0.25) is 0 Å². The minimum atomic E-state index is 0.363. The second-order valence-corrected chi connectivity index (χ2v) is 5.89. The van der Waals surface area contributed by atoms with Crippen LogP contribution in [-0.4, -0.2) is 26.2 Å². The highest BCUT2D eigenvalue weighted by Gasteiger charge is 2.22. The minimum absolute atomic E-state index is 0.363. The summed E-state index contributed by atoms with van der Waals surface area (Å²) in [5.41, 5.74) is 8.35. The number of nitrogens with zero attached hydrogens (tertiary/aromatic N) is 1. The monoisotopic (exact) mass is 297 g/mol. The molecule has 0 saturated heterocycles. The van der Waals surface area contributed by atoms with E-state index in [-0.39, 0.29) is 0 Å². The first-order chi connectivity index (χ1) is 8.06. The number of nitrogens with one attached hydrogen (secondary N) is 1. The highest BCUT2D eigenvalue weighted by atomic mass is 79.9. The van der Waals surface area contributed by atoms with Crippen LogP contribution >= 0.6 is 15.9 Å². The molecule has 2 unspecified atom stereocenters. The summed E-state index contributed by atoms with van der Waals surface area (Å²) in [6.07, 6.45) is 3.36. The van der Waals surface area contributed by atoms with Gasteiger partial charge in [-0.1, -0.05) is 15.9 Å². The fourth-order valence-corrected chi connectivity index (χ4v) is 2.74. The first-order valence-corrected chi connectivity index (χ1v) is 6.84. The summed E-state index contributed by atoms with van der Waals surface area (Å²) in [6, 6.07) is 7.21. The number of hydrogen-bond donors (Lipinski definition) is 2. The highest BCUT2D eigenvalue weighted by molar-refractivity contribution is 9.10. The summed E-state index contributed by atoms with van der Waals surface area (Å²) in [4.78, 5) is 2.13. The first kappa shape index (κ1) is 12.7. The topological polar surface area (TPSA) is 41.3 Å². The van der Waals surface area contributed by atoms with Crippen molar-refractivity contribution in [2.75, 3.05) is 24.3 Å². The molecule has 1 aromatic carbocycles. The molecular weight excluding hydrogens is 278 g/mol. The predicted octanol–water partition coefficient (Wildman–Crippen LogP) is 2.81. The fraction of sp³-hybridized carbons (Fsp3) is 0.538. The quantitative estimate of drug-likeness (QED) is 0.901. The van der Waals surface area contributed by atoms with Gasteiger partial charge in [0.05, 0.1) is 11.4 Å². The van der Waals surface area contributed by atoms with Crippen LogP contribution in [0.2, 0.25) is 0 Å². The van der Waals surface area contributed by atoms with Gasteiger partial charge in [-0.15, -0.1) is 0 Å². The van der Waals surface area contributed by atoms with Crippen LogP contribution in [0.25, 0.3) is 0 Å². The van der Waals surface area contributed by atoms with Gasteiger partial charge in [0.15, 0.2) is 0 Å². The van der Waals surface area contributed by atoms with Gasteiger partial charge in [0.25, 0.3) is 0 Å². The zero-order chi connectivity index (χ0) is 12.4. The third-order valence-corrected chi connectivity index (χ3v) is 3.77. The lowest BCUT2D eigenvalue weighted by Gasteiger charge is -2.22. The molecular formula is C13H20BrN3. The molecule has 1 fully saturated rings. The molecule has 4 heteroatoms. The maximum Gasteiger partial charge on any atom is 0.0597 e. The molecule has 17 heavy (non-hydrogen) atoms. The molecule has 94 valence electrons. The zero-order valence-corrected chi connectivity index (χ0v) is 12.0. The van der Waals surface area contributed by atoms with Gasteiger partial charge in [0, 0.05) is 30.7 Å². The molecule has 0 radical (unpaired) electrons. The van der Waals surface area contributed by atoms with Gasteiger partial charge in [-0.25, -0.2) is 0 Å². The van der Waals surface area contributed by atoms with Crippen molar-refractivity contribution in [1.82, 2.24) is 0 Å². The van der Waals surface area contributed by atoms with Crippen molar-refractivity contribution in [2.45, 2.75) is 31.3 Å². The van der Waals surface area contributed by atoms with Crippen LogP contribution in [0.4, 0.5) is 11.4 Å². The summed E-state index contributed by atoms with van der Waals surface area (Å²) in [7, 11) is 4.13. The Morgan fingerprint density at radius 1 is 1.35 bits per heavy atom. The molecule has 2 atom stereocenters. The maximum atomic E-state index is 5.95. The van der Waals surface area contributed by atoms with Gasteiger partial charge in [0.1, 0.15) is 0 Å². The van der Waals surface area contributed by atoms with Crippen LogP contribution < -0.4 is 16.0 Å². The van der Waals surface area contributed by atoms with Crippen molar-refractivity contribution in [1.29, 1.82) is 0 Å². The highest BCUT2D eigenvalue weighted by Crippen LogP contribution is 2.31. The second-order valence-electron chi connectivity index (χ2n) is 4.97. The number of nitrogens with two attached hydrogens (primary N) is 1. The van der Waals surface area contributed by atoms with Crippen molar-refractivity contribution >= 4 is 27.3 Å². The Balaban J connectivity index is 2.16. The van der Waals surface area contributed by atoms with E-state index in [2.05, 4.69) is 58.4 Å². The zero-order valence-electron chi connectivity index (χ0n) is 10.4. The normalized spacial score (nSPS) is 23.8. The molecule has 1 saturated carbocycles. The largest absolute Gasteiger partial charge is 0.381 e. The van der Waals surface area contributed by atoms with E-state index in [0.717, 1.165) is 17.3 Å².